The van der Waals surface area contributed by atoms with E-state index in [-0.39, 0.29) is 11.6 Å². The van der Waals surface area contributed by atoms with Crippen LogP contribution in [0.3, 0.4) is 0 Å². The van der Waals surface area contributed by atoms with Crippen molar-refractivity contribution >= 4 is 40.3 Å². The van der Waals surface area contributed by atoms with Crippen molar-refractivity contribution in [3.63, 3.8) is 0 Å². The number of non-ortho nitro benzene ring substituents is 1. The van der Waals surface area contributed by atoms with Gasteiger partial charge in [0.05, 0.1) is 15.5 Å². The molecule has 1 heterocycles. The second-order valence-electron chi connectivity index (χ2n) is 5.99. The molecule has 3 rings (SSSR count). The molecule has 1 saturated heterocycles. The summed E-state index contributed by atoms with van der Waals surface area (Å²) in [5, 5.41) is 11.5. The lowest BCUT2D eigenvalue weighted by Crippen LogP contribution is -2.23. The van der Waals surface area contributed by atoms with Crippen LogP contribution in [0.5, 0.6) is 0 Å². The topological polar surface area (TPSA) is 75.8 Å². The van der Waals surface area contributed by atoms with E-state index in [1.165, 1.54) is 34.4 Å². The van der Waals surface area contributed by atoms with E-state index in [9.17, 15) is 14.9 Å². The first-order valence-electron chi connectivity index (χ1n) is 7.93. The van der Waals surface area contributed by atoms with Gasteiger partial charge in [-0.15, -0.1) is 0 Å². The maximum atomic E-state index is 12.5. The van der Waals surface area contributed by atoms with Gasteiger partial charge in [0.25, 0.3) is 11.6 Å². The Bertz CT molecular complexity index is 966. The molecule has 0 radical (unpaired) electrons. The summed E-state index contributed by atoms with van der Waals surface area (Å²) in [4.78, 5) is 29.5. The second-order valence-corrected chi connectivity index (χ2v) is 7.00. The largest absolute Gasteiger partial charge is 0.290 e. The third-order valence-corrected chi connectivity index (χ3v) is 5.16. The number of thioether (sulfide) groups is 1. The first kappa shape index (κ1) is 17.9. The average molecular weight is 367 g/mol. The van der Waals surface area contributed by atoms with Crippen LogP contribution in [0.4, 0.5) is 11.4 Å². The predicted octanol–water partition coefficient (Wildman–Crippen LogP) is 4.45. The van der Waals surface area contributed by atoms with Crippen molar-refractivity contribution in [2.24, 2.45) is 4.99 Å². The number of rotatable bonds is 3. The van der Waals surface area contributed by atoms with Gasteiger partial charge in [-0.05, 0) is 60.5 Å². The predicted molar refractivity (Wildman–Crippen MR) is 104 cm³/mol. The number of hydrogen-bond acceptors (Lipinski definition) is 5. The van der Waals surface area contributed by atoms with E-state index in [1.54, 1.807) is 25.3 Å². The molecule has 1 fully saturated rings. The van der Waals surface area contributed by atoms with E-state index in [0.717, 1.165) is 11.3 Å². The van der Waals surface area contributed by atoms with Gasteiger partial charge in [0.2, 0.25) is 0 Å². The Hall–Kier alpha value is -2.93. The van der Waals surface area contributed by atoms with Crippen LogP contribution < -0.4 is 0 Å². The molecular formula is C19H17N3O3S. The standard InChI is InChI=1S/C19H17N3O3S/c1-12-7-8-15(9-13(12)2)20-19-21(3)18(23)17(26-19)11-14-5-4-6-16(10-14)22(24)25/h4-11H,1-3H3/b17-11+,20-19?. The molecular weight excluding hydrogens is 350 g/mol. The molecule has 0 aromatic heterocycles. The van der Waals surface area contributed by atoms with Crippen molar-refractivity contribution in [2.45, 2.75) is 13.8 Å². The van der Waals surface area contributed by atoms with Crippen molar-refractivity contribution in [3.05, 3.63) is 74.2 Å². The van der Waals surface area contributed by atoms with Crippen LogP contribution >= 0.6 is 11.8 Å². The van der Waals surface area contributed by atoms with Crippen molar-refractivity contribution in [1.82, 2.24) is 4.90 Å². The van der Waals surface area contributed by atoms with Crippen LogP contribution in [-0.2, 0) is 4.79 Å². The highest BCUT2D eigenvalue weighted by Gasteiger charge is 2.30. The number of carbonyl (C=O) groups excluding carboxylic acids is 1. The van der Waals surface area contributed by atoms with Gasteiger partial charge in [0.1, 0.15) is 0 Å². The summed E-state index contributed by atoms with van der Waals surface area (Å²) in [6, 6.07) is 12.1. The van der Waals surface area contributed by atoms with Gasteiger partial charge in [0.15, 0.2) is 5.17 Å². The number of aryl methyl sites for hydroxylation is 2. The lowest BCUT2D eigenvalue weighted by Gasteiger charge is -2.08. The number of benzene rings is 2. The summed E-state index contributed by atoms with van der Waals surface area (Å²) in [5.41, 5.74) is 3.70. The molecule has 1 aliphatic heterocycles. The van der Waals surface area contributed by atoms with Crippen LogP contribution in [-0.4, -0.2) is 27.9 Å². The number of nitrogens with zero attached hydrogens (tertiary/aromatic N) is 3. The Morgan fingerprint density at radius 3 is 2.62 bits per heavy atom. The molecule has 2 aromatic rings. The average Bonchev–Trinajstić information content (AvgIpc) is 2.86. The summed E-state index contributed by atoms with van der Waals surface area (Å²) >= 11 is 1.26. The molecule has 1 amide bonds. The molecule has 0 bridgehead atoms. The quantitative estimate of drug-likeness (QED) is 0.456. The molecule has 1 aliphatic rings. The van der Waals surface area contributed by atoms with Gasteiger partial charge >= 0.3 is 0 Å². The minimum atomic E-state index is -0.454. The van der Waals surface area contributed by atoms with E-state index in [2.05, 4.69) is 4.99 Å². The second kappa shape index (κ2) is 7.13. The molecule has 0 atom stereocenters. The Labute approximate surface area is 155 Å². The Morgan fingerprint density at radius 2 is 1.92 bits per heavy atom. The van der Waals surface area contributed by atoms with Crippen molar-refractivity contribution in [2.75, 3.05) is 7.05 Å². The molecule has 132 valence electrons. The molecule has 6 nitrogen and oxygen atoms in total. The molecule has 0 aliphatic carbocycles. The van der Waals surface area contributed by atoms with E-state index >= 15 is 0 Å². The highest BCUT2D eigenvalue weighted by atomic mass is 32.2. The number of amidine groups is 1. The highest BCUT2D eigenvalue weighted by molar-refractivity contribution is 8.18. The van der Waals surface area contributed by atoms with Crippen LogP contribution in [0.15, 0.2) is 52.4 Å². The van der Waals surface area contributed by atoms with E-state index in [1.807, 2.05) is 32.0 Å². The number of hydrogen-bond donors (Lipinski definition) is 0. The highest BCUT2D eigenvalue weighted by Crippen LogP contribution is 2.33. The van der Waals surface area contributed by atoms with E-state index < -0.39 is 4.92 Å². The number of likely N-dealkylation sites (N-methyl/N-ethyl adjacent to an activating group) is 1. The fraction of sp³-hybridized carbons (Fsp3) is 0.158. The van der Waals surface area contributed by atoms with Gasteiger partial charge in [-0.25, -0.2) is 4.99 Å². The fourth-order valence-electron chi connectivity index (χ4n) is 2.44. The monoisotopic (exact) mass is 367 g/mol. The normalized spacial score (nSPS) is 17.3. The first-order valence-corrected chi connectivity index (χ1v) is 8.75. The van der Waals surface area contributed by atoms with Crippen molar-refractivity contribution < 1.29 is 9.72 Å². The van der Waals surface area contributed by atoms with Gasteiger partial charge in [-0.1, -0.05) is 18.2 Å². The summed E-state index contributed by atoms with van der Waals surface area (Å²) in [6.07, 6.45) is 1.65. The molecule has 0 unspecified atom stereocenters. The van der Waals surface area contributed by atoms with Gasteiger partial charge < -0.3 is 0 Å². The SMILES string of the molecule is Cc1ccc(N=C2S/C(=C/c3cccc([N+](=O)[O-])c3)C(=O)N2C)cc1C. The maximum Gasteiger partial charge on any atom is 0.270 e. The first-order chi connectivity index (χ1) is 12.3. The Morgan fingerprint density at radius 1 is 1.15 bits per heavy atom. The summed E-state index contributed by atoms with van der Waals surface area (Å²) in [5.74, 6) is -0.177. The third kappa shape index (κ3) is 3.67. The Kier molecular flexibility index (Phi) is 4.90. The molecule has 0 saturated carbocycles. The molecule has 0 spiro atoms. The third-order valence-electron chi connectivity index (χ3n) is 4.10. The molecule has 2 aromatic carbocycles. The number of aliphatic imine (C=N–C) groups is 1. The van der Waals surface area contributed by atoms with E-state index in [4.69, 9.17) is 0 Å². The maximum absolute atomic E-state index is 12.5. The molecule has 0 N–H and O–H groups in total. The lowest BCUT2D eigenvalue weighted by atomic mass is 10.1. The van der Waals surface area contributed by atoms with Crippen LogP contribution in [0.25, 0.3) is 6.08 Å². The van der Waals surface area contributed by atoms with E-state index in [0.29, 0.717) is 15.6 Å². The van der Waals surface area contributed by atoms with Gasteiger partial charge in [-0.3, -0.25) is 19.8 Å². The minimum Gasteiger partial charge on any atom is -0.290 e. The molecule has 26 heavy (non-hydrogen) atoms. The van der Waals surface area contributed by atoms with Crippen LogP contribution in [0.2, 0.25) is 0 Å². The van der Waals surface area contributed by atoms with Crippen molar-refractivity contribution in [3.8, 4) is 0 Å². The van der Waals surface area contributed by atoms with Crippen molar-refractivity contribution in [1.29, 1.82) is 0 Å². The Balaban J connectivity index is 1.91. The fourth-order valence-corrected chi connectivity index (χ4v) is 3.42. The summed E-state index contributed by atoms with van der Waals surface area (Å²) in [7, 11) is 1.67. The zero-order valence-corrected chi connectivity index (χ0v) is 15.4. The molecule has 7 heteroatoms. The lowest BCUT2D eigenvalue weighted by molar-refractivity contribution is -0.384. The van der Waals surface area contributed by atoms with Gasteiger partial charge in [-0.2, -0.15) is 0 Å². The number of nitro groups is 1. The van der Waals surface area contributed by atoms with Crippen LogP contribution in [0.1, 0.15) is 16.7 Å². The summed E-state index contributed by atoms with van der Waals surface area (Å²) < 4.78 is 0. The smallest absolute Gasteiger partial charge is 0.270 e. The zero-order chi connectivity index (χ0) is 18.8. The number of amides is 1. The van der Waals surface area contributed by atoms with Crippen LogP contribution in [0, 0.1) is 24.0 Å². The minimum absolute atomic E-state index is 0.00725. The number of nitro benzene ring substituents is 1. The summed E-state index contributed by atoms with van der Waals surface area (Å²) in [6.45, 7) is 4.05. The zero-order valence-electron chi connectivity index (χ0n) is 14.6. The number of carbonyl (C=O) groups is 1. The van der Waals surface area contributed by atoms with Gasteiger partial charge in [0, 0.05) is 19.2 Å².